The van der Waals surface area contributed by atoms with Gasteiger partial charge in [-0.2, -0.15) is 0 Å². The Labute approximate surface area is 107 Å². The lowest BCUT2D eigenvalue weighted by Crippen LogP contribution is -2.18. The summed E-state index contributed by atoms with van der Waals surface area (Å²) in [5.41, 5.74) is 0. The maximum atomic E-state index is 2.55. The van der Waals surface area contributed by atoms with E-state index in [0.717, 1.165) is 41.4 Å². The molecule has 0 heteroatoms. The number of rotatable bonds is 1. The van der Waals surface area contributed by atoms with Gasteiger partial charge in [-0.3, -0.25) is 0 Å². The topological polar surface area (TPSA) is 0 Å². The lowest BCUT2D eigenvalue weighted by atomic mass is 9.80. The Morgan fingerprint density at radius 2 is 1.24 bits per heavy atom. The largest absolute Gasteiger partial charge is 0.0622 e. The molecule has 0 aromatic heterocycles. The smallest absolute Gasteiger partial charge is 0.0352 e. The van der Waals surface area contributed by atoms with Crippen LogP contribution >= 0.6 is 0 Å². The predicted octanol–water partition coefficient (Wildman–Crippen LogP) is 4.89. The zero-order chi connectivity index (χ0) is 11.4. The standard InChI is InChI=1S/C17H28/c1-11-8-17(16-7-3-6-15(11)16)14-9-12-4-2-5-13(12)10-14/h11-17H,2-10H2,1H3. The molecule has 4 saturated carbocycles. The van der Waals surface area contributed by atoms with Crippen LogP contribution < -0.4 is 0 Å². The van der Waals surface area contributed by atoms with E-state index in [0.29, 0.717) is 0 Å². The third-order valence-corrected chi connectivity index (χ3v) is 7.18. The van der Waals surface area contributed by atoms with Crippen molar-refractivity contribution < 1.29 is 0 Å². The highest BCUT2D eigenvalue weighted by molar-refractivity contribution is 4.99. The highest BCUT2D eigenvalue weighted by Crippen LogP contribution is 2.58. The zero-order valence-electron chi connectivity index (χ0n) is 11.4. The molecule has 0 nitrogen and oxygen atoms in total. The number of hydrogen-bond donors (Lipinski definition) is 0. The van der Waals surface area contributed by atoms with Crippen LogP contribution in [0.2, 0.25) is 0 Å². The molecule has 0 N–H and O–H groups in total. The molecule has 6 atom stereocenters. The van der Waals surface area contributed by atoms with E-state index in [4.69, 9.17) is 0 Å². The highest BCUT2D eigenvalue weighted by atomic mass is 14.5. The summed E-state index contributed by atoms with van der Waals surface area (Å²) in [7, 11) is 0. The molecular weight excluding hydrogens is 204 g/mol. The molecule has 4 aliphatic rings. The maximum Gasteiger partial charge on any atom is -0.0352 e. The molecule has 0 saturated heterocycles. The summed E-state index contributed by atoms with van der Waals surface area (Å²) < 4.78 is 0. The minimum atomic E-state index is 1.06. The van der Waals surface area contributed by atoms with Gasteiger partial charge in [-0.05, 0) is 73.5 Å². The maximum absolute atomic E-state index is 2.55. The fourth-order valence-corrected chi connectivity index (χ4v) is 6.53. The van der Waals surface area contributed by atoms with Gasteiger partial charge in [0, 0.05) is 0 Å². The van der Waals surface area contributed by atoms with Gasteiger partial charge in [-0.15, -0.1) is 0 Å². The summed E-state index contributed by atoms with van der Waals surface area (Å²) in [6.45, 7) is 2.55. The van der Waals surface area contributed by atoms with Crippen molar-refractivity contribution in [3.63, 3.8) is 0 Å². The average molecular weight is 232 g/mol. The molecule has 0 spiro atoms. The normalized spacial score (nSPS) is 57.4. The fourth-order valence-electron chi connectivity index (χ4n) is 6.53. The molecule has 4 fully saturated rings. The molecule has 0 aromatic carbocycles. The Kier molecular flexibility index (Phi) is 2.56. The van der Waals surface area contributed by atoms with Gasteiger partial charge in [0.25, 0.3) is 0 Å². The van der Waals surface area contributed by atoms with Gasteiger partial charge < -0.3 is 0 Å². The second kappa shape index (κ2) is 4.00. The second-order valence-corrected chi connectivity index (χ2v) is 7.82. The monoisotopic (exact) mass is 232 g/mol. The lowest BCUT2D eigenvalue weighted by Gasteiger charge is -2.25. The van der Waals surface area contributed by atoms with E-state index < -0.39 is 0 Å². The fraction of sp³-hybridized carbons (Fsp3) is 1.00. The summed E-state index contributed by atoms with van der Waals surface area (Å²) >= 11 is 0. The first-order valence-corrected chi connectivity index (χ1v) is 8.33. The van der Waals surface area contributed by atoms with Crippen molar-refractivity contribution in [3.8, 4) is 0 Å². The second-order valence-electron chi connectivity index (χ2n) is 7.82. The van der Waals surface area contributed by atoms with Crippen LogP contribution in [0.25, 0.3) is 0 Å². The Hall–Kier alpha value is 0. The summed E-state index contributed by atoms with van der Waals surface area (Å²) in [5.74, 6) is 8.00. The average Bonchev–Trinajstić information content (AvgIpc) is 2.98. The van der Waals surface area contributed by atoms with Gasteiger partial charge in [-0.1, -0.05) is 32.6 Å². The van der Waals surface area contributed by atoms with Crippen molar-refractivity contribution in [2.75, 3.05) is 0 Å². The molecule has 0 bridgehead atoms. The predicted molar refractivity (Wildman–Crippen MR) is 71.7 cm³/mol. The lowest BCUT2D eigenvalue weighted by molar-refractivity contribution is 0.238. The van der Waals surface area contributed by atoms with Crippen molar-refractivity contribution in [1.82, 2.24) is 0 Å². The van der Waals surface area contributed by atoms with E-state index in [1.165, 1.54) is 0 Å². The Morgan fingerprint density at radius 3 is 2.00 bits per heavy atom. The Morgan fingerprint density at radius 1 is 0.588 bits per heavy atom. The van der Waals surface area contributed by atoms with Crippen LogP contribution in [0.5, 0.6) is 0 Å². The minimum Gasteiger partial charge on any atom is -0.0622 e. The van der Waals surface area contributed by atoms with Crippen LogP contribution in [-0.4, -0.2) is 0 Å². The van der Waals surface area contributed by atoms with Crippen molar-refractivity contribution >= 4 is 0 Å². The van der Waals surface area contributed by atoms with Gasteiger partial charge >= 0.3 is 0 Å². The quantitative estimate of drug-likeness (QED) is 0.604. The number of hydrogen-bond acceptors (Lipinski definition) is 0. The molecule has 0 aromatic rings. The molecule has 96 valence electrons. The minimum absolute atomic E-state index is 1.06. The first-order chi connectivity index (χ1) is 8.33. The van der Waals surface area contributed by atoms with E-state index in [1.54, 1.807) is 57.8 Å². The summed E-state index contributed by atoms with van der Waals surface area (Å²) in [5, 5.41) is 0. The van der Waals surface area contributed by atoms with E-state index in [1.807, 2.05) is 0 Å². The van der Waals surface area contributed by atoms with Crippen molar-refractivity contribution in [3.05, 3.63) is 0 Å². The van der Waals surface area contributed by atoms with Crippen LogP contribution in [-0.2, 0) is 0 Å². The molecular formula is C17H28. The molecule has 0 radical (unpaired) electrons. The van der Waals surface area contributed by atoms with Crippen LogP contribution in [0.3, 0.4) is 0 Å². The van der Waals surface area contributed by atoms with Crippen molar-refractivity contribution in [2.24, 2.45) is 41.4 Å². The third-order valence-electron chi connectivity index (χ3n) is 7.18. The first-order valence-electron chi connectivity index (χ1n) is 8.33. The number of fused-ring (bicyclic) bond motifs is 2. The SMILES string of the molecule is CC1CC(C2CC3CCCC3C2)C2CCCC12. The molecule has 17 heavy (non-hydrogen) atoms. The summed E-state index contributed by atoms with van der Waals surface area (Å²) in [6, 6.07) is 0. The molecule has 0 aliphatic heterocycles. The molecule has 0 amide bonds. The summed E-state index contributed by atoms with van der Waals surface area (Å²) in [4.78, 5) is 0. The van der Waals surface area contributed by atoms with E-state index >= 15 is 0 Å². The first kappa shape index (κ1) is 10.9. The zero-order valence-corrected chi connectivity index (χ0v) is 11.4. The van der Waals surface area contributed by atoms with Gasteiger partial charge in [0.1, 0.15) is 0 Å². The molecule has 6 unspecified atom stereocenters. The van der Waals surface area contributed by atoms with Gasteiger partial charge in [0.15, 0.2) is 0 Å². The van der Waals surface area contributed by atoms with Crippen LogP contribution in [0.1, 0.15) is 64.7 Å². The third kappa shape index (κ3) is 1.62. The van der Waals surface area contributed by atoms with Gasteiger partial charge in [-0.25, -0.2) is 0 Å². The van der Waals surface area contributed by atoms with Gasteiger partial charge in [0.05, 0.1) is 0 Å². The van der Waals surface area contributed by atoms with E-state index in [9.17, 15) is 0 Å². The molecule has 0 heterocycles. The Balaban J connectivity index is 1.49. The van der Waals surface area contributed by atoms with Crippen LogP contribution in [0, 0.1) is 41.4 Å². The summed E-state index contributed by atoms with van der Waals surface area (Å²) in [6.07, 6.45) is 14.3. The highest BCUT2D eigenvalue weighted by Gasteiger charge is 2.49. The van der Waals surface area contributed by atoms with E-state index in [-0.39, 0.29) is 0 Å². The molecule has 4 rings (SSSR count). The van der Waals surface area contributed by atoms with Gasteiger partial charge in [0.2, 0.25) is 0 Å². The molecule has 4 aliphatic carbocycles. The van der Waals surface area contributed by atoms with Crippen molar-refractivity contribution in [2.45, 2.75) is 64.7 Å². The van der Waals surface area contributed by atoms with Crippen LogP contribution in [0.15, 0.2) is 0 Å². The van der Waals surface area contributed by atoms with E-state index in [2.05, 4.69) is 6.92 Å². The van der Waals surface area contributed by atoms with Crippen LogP contribution in [0.4, 0.5) is 0 Å². The Bertz CT molecular complexity index is 282. The van der Waals surface area contributed by atoms with Crippen molar-refractivity contribution in [1.29, 1.82) is 0 Å².